The van der Waals surface area contributed by atoms with Crippen molar-refractivity contribution in [3.05, 3.63) is 0 Å². The maximum absolute atomic E-state index is 10.9. The lowest BCUT2D eigenvalue weighted by molar-refractivity contribution is 0.0384. The number of sulfone groups is 1. The zero-order valence-electron chi connectivity index (χ0n) is 7.21. The fraction of sp³-hybridized carbons (Fsp3) is 1.00. The highest BCUT2D eigenvalue weighted by Crippen LogP contribution is 2.17. The van der Waals surface area contributed by atoms with Crippen LogP contribution >= 0.6 is 0 Å². The third-order valence-electron chi connectivity index (χ3n) is 1.98. The molecule has 0 bridgehead atoms. The van der Waals surface area contributed by atoms with Gasteiger partial charge >= 0.3 is 0 Å². The van der Waals surface area contributed by atoms with Crippen molar-refractivity contribution in [3.8, 4) is 0 Å². The van der Waals surface area contributed by atoms with Crippen LogP contribution in [0.4, 0.5) is 0 Å². The van der Waals surface area contributed by atoms with Crippen LogP contribution in [0.3, 0.4) is 0 Å². The Morgan fingerprint density at radius 2 is 2.25 bits per heavy atom. The number of piperidine rings is 1. The van der Waals surface area contributed by atoms with Gasteiger partial charge in [0, 0.05) is 12.8 Å². The summed E-state index contributed by atoms with van der Waals surface area (Å²) in [7, 11) is -3.07. The number of aliphatic hydroxyl groups is 1. The molecular weight excluding hydrogens is 178 g/mol. The van der Waals surface area contributed by atoms with Crippen LogP contribution in [0.1, 0.15) is 12.8 Å². The van der Waals surface area contributed by atoms with Crippen molar-refractivity contribution in [2.75, 3.05) is 25.1 Å². The summed E-state index contributed by atoms with van der Waals surface area (Å²) in [6.45, 7) is 1.26. The fourth-order valence-corrected chi connectivity index (χ4v) is 2.79. The van der Waals surface area contributed by atoms with E-state index in [4.69, 9.17) is 0 Å². The molecule has 0 aromatic rings. The van der Waals surface area contributed by atoms with Crippen LogP contribution in [0.2, 0.25) is 0 Å². The second kappa shape index (κ2) is 3.32. The van der Waals surface area contributed by atoms with Gasteiger partial charge in [0.25, 0.3) is 0 Å². The van der Waals surface area contributed by atoms with Gasteiger partial charge in [-0.2, -0.15) is 0 Å². The molecule has 0 saturated carbocycles. The van der Waals surface area contributed by atoms with E-state index in [0.717, 1.165) is 19.2 Å². The maximum Gasteiger partial charge on any atom is 0.150 e. The molecule has 5 heteroatoms. The highest BCUT2D eigenvalue weighted by atomic mass is 32.2. The zero-order chi connectivity index (χ0) is 9.24. The van der Waals surface area contributed by atoms with Crippen LogP contribution in [-0.4, -0.2) is 44.2 Å². The minimum atomic E-state index is -3.07. The highest BCUT2D eigenvalue weighted by molar-refractivity contribution is 7.90. The molecule has 1 atom stereocenters. The van der Waals surface area contributed by atoms with E-state index >= 15 is 0 Å². The highest BCUT2D eigenvalue weighted by Gasteiger charge is 2.32. The molecule has 0 spiro atoms. The van der Waals surface area contributed by atoms with E-state index in [0.29, 0.717) is 13.0 Å². The Labute approximate surface area is 72.9 Å². The van der Waals surface area contributed by atoms with E-state index in [-0.39, 0.29) is 5.75 Å². The third kappa shape index (κ3) is 3.08. The Morgan fingerprint density at radius 1 is 1.58 bits per heavy atom. The van der Waals surface area contributed by atoms with Gasteiger partial charge in [0.05, 0.1) is 11.4 Å². The van der Waals surface area contributed by atoms with Crippen molar-refractivity contribution >= 4 is 9.84 Å². The lowest BCUT2D eigenvalue weighted by Crippen LogP contribution is -2.49. The molecular formula is C7H15NO3S. The molecule has 1 aliphatic rings. The summed E-state index contributed by atoms with van der Waals surface area (Å²) in [5.41, 5.74) is -1.04. The van der Waals surface area contributed by atoms with E-state index in [2.05, 4.69) is 5.32 Å². The number of hydrogen-bond donors (Lipinski definition) is 2. The van der Waals surface area contributed by atoms with Gasteiger partial charge in [0.2, 0.25) is 0 Å². The number of β-amino-alcohol motifs (C(OH)–C–C–N with tert-alkyl or cyclic N) is 1. The first-order chi connectivity index (χ1) is 5.41. The lowest BCUT2D eigenvalue weighted by Gasteiger charge is -2.31. The van der Waals surface area contributed by atoms with Gasteiger partial charge in [0.15, 0.2) is 0 Å². The zero-order valence-corrected chi connectivity index (χ0v) is 8.02. The Balaban J connectivity index is 2.59. The van der Waals surface area contributed by atoms with Crippen molar-refractivity contribution in [1.29, 1.82) is 0 Å². The van der Waals surface area contributed by atoms with Gasteiger partial charge in [-0.3, -0.25) is 0 Å². The van der Waals surface area contributed by atoms with Crippen LogP contribution in [-0.2, 0) is 9.84 Å². The van der Waals surface area contributed by atoms with Crippen LogP contribution in [0.25, 0.3) is 0 Å². The second-order valence-electron chi connectivity index (χ2n) is 3.57. The molecule has 0 aliphatic carbocycles. The topological polar surface area (TPSA) is 66.4 Å². The molecule has 1 saturated heterocycles. The second-order valence-corrected chi connectivity index (χ2v) is 5.71. The largest absolute Gasteiger partial charge is 0.388 e. The van der Waals surface area contributed by atoms with E-state index in [1.54, 1.807) is 0 Å². The number of nitrogens with one attached hydrogen (secondary N) is 1. The molecule has 0 radical (unpaired) electrons. The van der Waals surface area contributed by atoms with Crippen molar-refractivity contribution < 1.29 is 13.5 Å². The smallest absolute Gasteiger partial charge is 0.150 e. The number of hydrogen-bond acceptors (Lipinski definition) is 4. The molecule has 72 valence electrons. The molecule has 12 heavy (non-hydrogen) atoms. The maximum atomic E-state index is 10.9. The van der Waals surface area contributed by atoms with E-state index in [9.17, 15) is 13.5 Å². The van der Waals surface area contributed by atoms with Crippen LogP contribution < -0.4 is 5.32 Å². The molecule has 0 aromatic carbocycles. The van der Waals surface area contributed by atoms with Crippen molar-refractivity contribution in [2.24, 2.45) is 0 Å². The fourth-order valence-electron chi connectivity index (χ4n) is 1.56. The summed E-state index contributed by atoms with van der Waals surface area (Å²) in [6.07, 6.45) is 2.57. The first kappa shape index (κ1) is 9.95. The predicted molar refractivity (Wildman–Crippen MR) is 46.8 cm³/mol. The average molecular weight is 193 g/mol. The summed E-state index contributed by atoms with van der Waals surface area (Å²) in [5, 5.41) is 12.7. The molecule has 4 nitrogen and oxygen atoms in total. The Bertz CT molecular complexity index is 241. The summed E-state index contributed by atoms with van der Waals surface area (Å²) >= 11 is 0. The molecule has 1 rings (SSSR count). The number of rotatable bonds is 2. The molecule has 1 aliphatic heterocycles. The molecule has 1 heterocycles. The minimum absolute atomic E-state index is 0.132. The van der Waals surface area contributed by atoms with Gasteiger partial charge in [-0.15, -0.1) is 0 Å². The van der Waals surface area contributed by atoms with Crippen molar-refractivity contribution in [1.82, 2.24) is 5.32 Å². The predicted octanol–water partition coefficient (Wildman–Crippen LogP) is -0.854. The van der Waals surface area contributed by atoms with E-state index in [1.165, 1.54) is 0 Å². The molecule has 1 unspecified atom stereocenters. The summed E-state index contributed by atoms with van der Waals surface area (Å²) < 4.78 is 21.8. The quantitative estimate of drug-likeness (QED) is 0.599. The van der Waals surface area contributed by atoms with Gasteiger partial charge in [-0.1, -0.05) is 0 Å². The summed E-state index contributed by atoms with van der Waals surface area (Å²) in [5.74, 6) is -0.132. The average Bonchev–Trinajstić information content (AvgIpc) is 1.83. The SMILES string of the molecule is CS(=O)(=O)CC1(O)CCCNC1. The normalized spacial score (nSPS) is 31.8. The first-order valence-electron chi connectivity index (χ1n) is 4.02. The molecule has 0 amide bonds. The van der Waals surface area contributed by atoms with E-state index in [1.807, 2.05) is 0 Å². The Hall–Kier alpha value is -0.130. The minimum Gasteiger partial charge on any atom is -0.388 e. The van der Waals surface area contributed by atoms with E-state index < -0.39 is 15.4 Å². The molecule has 1 fully saturated rings. The summed E-state index contributed by atoms with van der Waals surface area (Å²) in [4.78, 5) is 0. The Morgan fingerprint density at radius 3 is 2.67 bits per heavy atom. The third-order valence-corrected chi connectivity index (χ3v) is 3.04. The first-order valence-corrected chi connectivity index (χ1v) is 6.08. The van der Waals surface area contributed by atoms with Gasteiger partial charge in [-0.05, 0) is 19.4 Å². The Kier molecular flexibility index (Phi) is 2.75. The van der Waals surface area contributed by atoms with Crippen molar-refractivity contribution in [2.45, 2.75) is 18.4 Å². The van der Waals surface area contributed by atoms with Crippen molar-refractivity contribution in [3.63, 3.8) is 0 Å². The molecule has 0 aromatic heterocycles. The van der Waals surface area contributed by atoms with Gasteiger partial charge in [0.1, 0.15) is 9.84 Å². The van der Waals surface area contributed by atoms with Crippen LogP contribution in [0, 0.1) is 0 Å². The van der Waals surface area contributed by atoms with Gasteiger partial charge < -0.3 is 10.4 Å². The lowest BCUT2D eigenvalue weighted by atomic mass is 9.97. The standard InChI is InChI=1S/C7H15NO3S/c1-12(10,11)6-7(9)3-2-4-8-5-7/h8-9H,2-6H2,1H3. The van der Waals surface area contributed by atoms with Crippen LogP contribution in [0.5, 0.6) is 0 Å². The van der Waals surface area contributed by atoms with Gasteiger partial charge in [-0.25, -0.2) is 8.42 Å². The molecule has 2 N–H and O–H groups in total. The monoisotopic (exact) mass is 193 g/mol. The van der Waals surface area contributed by atoms with Crippen LogP contribution in [0.15, 0.2) is 0 Å². The summed E-state index contributed by atoms with van der Waals surface area (Å²) in [6, 6.07) is 0.